The molecule has 0 aromatic heterocycles. The van der Waals surface area contributed by atoms with E-state index in [4.69, 9.17) is 4.74 Å². The average Bonchev–Trinajstić information content (AvgIpc) is 2.54. The number of unbranched alkanes of at least 4 members (excludes halogenated alkanes) is 12. The molecule has 0 unspecified atom stereocenters. The van der Waals surface area contributed by atoms with Crippen molar-refractivity contribution in [2.24, 2.45) is 0 Å². The zero-order chi connectivity index (χ0) is 17.0. The van der Waals surface area contributed by atoms with Crippen molar-refractivity contribution in [2.75, 3.05) is 6.61 Å². The highest BCUT2D eigenvalue weighted by Crippen LogP contribution is 2.10. The monoisotopic (exact) mass is 324 g/mol. The first kappa shape index (κ1) is 22.2. The van der Waals surface area contributed by atoms with Crippen LogP contribution in [-0.2, 0) is 9.53 Å². The van der Waals surface area contributed by atoms with Gasteiger partial charge in [0.2, 0.25) is 0 Å². The number of esters is 1. The van der Waals surface area contributed by atoms with E-state index in [1.165, 1.54) is 77.0 Å². The minimum atomic E-state index is -0.0389. The molecule has 0 aliphatic carbocycles. The van der Waals surface area contributed by atoms with Crippen LogP contribution >= 0.6 is 0 Å². The summed E-state index contributed by atoms with van der Waals surface area (Å²) < 4.78 is 4.92. The molecule has 0 aliphatic heterocycles. The summed E-state index contributed by atoms with van der Waals surface area (Å²) in [6.07, 6.45) is 23.5. The van der Waals surface area contributed by atoms with E-state index in [2.05, 4.69) is 19.1 Å². The quantitative estimate of drug-likeness (QED) is 0.164. The Labute approximate surface area is 145 Å². The number of rotatable bonds is 17. The first-order valence-corrected chi connectivity index (χ1v) is 10.1. The highest BCUT2D eigenvalue weighted by atomic mass is 16.5. The smallest absolute Gasteiger partial charge is 0.305 e. The van der Waals surface area contributed by atoms with Crippen LogP contribution in [-0.4, -0.2) is 12.6 Å². The number of ether oxygens (including phenoxy) is 1. The summed E-state index contributed by atoms with van der Waals surface area (Å²) in [6.45, 7) is 4.64. The Morgan fingerprint density at radius 1 is 0.696 bits per heavy atom. The van der Waals surface area contributed by atoms with E-state index in [1.54, 1.807) is 0 Å². The summed E-state index contributed by atoms with van der Waals surface area (Å²) in [4.78, 5) is 11.2. The third-order valence-corrected chi connectivity index (χ3v) is 4.20. The summed E-state index contributed by atoms with van der Waals surface area (Å²) in [5.74, 6) is -0.0389. The van der Waals surface area contributed by atoms with Gasteiger partial charge in [-0.1, -0.05) is 76.9 Å². The van der Waals surface area contributed by atoms with Crippen molar-refractivity contribution in [1.29, 1.82) is 0 Å². The van der Waals surface area contributed by atoms with Crippen molar-refractivity contribution in [3.63, 3.8) is 0 Å². The fraction of sp³-hybridized carbons (Fsp3) is 0.857. The molecule has 0 heterocycles. The molecule has 0 spiro atoms. The minimum Gasteiger partial charge on any atom is -0.466 e. The lowest BCUT2D eigenvalue weighted by molar-refractivity contribution is -0.143. The summed E-state index contributed by atoms with van der Waals surface area (Å²) >= 11 is 0. The largest absolute Gasteiger partial charge is 0.466 e. The van der Waals surface area contributed by atoms with Gasteiger partial charge in [-0.2, -0.15) is 0 Å². The van der Waals surface area contributed by atoms with Crippen LogP contribution in [0.2, 0.25) is 0 Å². The molecule has 0 radical (unpaired) electrons. The second kappa shape index (κ2) is 19.3. The molecular formula is C21H40O2. The van der Waals surface area contributed by atoms with Gasteiger partial charge < -0.3 is 4.74 Å². The number of carbonyl (C=O) groups is 1. The SMILES string of the molecule is CCCCCCCCC=CCCCCCCCCC(=O)OCC. The standard InChI is InChI=1S/C21H40O2/c1-3-5-6-7-8-9-10-11-12-13-14-15-16-17-18-19-20-21(22)23-4-2/h11-12H,3-10,13-20H2,1-2H3. The van der Waals surface area contributed by atoms with Gasteiger partial charge >= 0.3 is 5.97 Å². The van der Waals surface area contributed by atoms with Gasteiger partial charge in [0.05, 0.1) is 6.61 Å². The highest BCUT2D eigenvalue weighted by molar-refractivity contribution is 5.69. The molecule has 136 valence electrons. The molecule has 0 saturated heterocycles. The van der Waals surface area contributed by atoms with Gasteiger partial charge in [-0.3, -0.25) is 4.79 Å². The van der Waals surface area contributed by atoms with Crippen molar-refractivity contribution >= 4 is 5.97 Å². The fourth-order valence-corrected chi connectivity index (χ4v) is 2.75. The molecule has 0 atom stereocenters. The first-order chi connectivity index (χ1) is 11.3. The Bertz CT molecular complexity index is 271. The summed E-state index contributed by atoms with van der Waals surface area (Å²) in [6, 6.07) is 0. The lowest BCUT2D eigenvalue weighted by Gasteiger charge is -2.02. The van der Waals surface area contributed by atoms with E-state index in [9.17, 15) is 4.79 Å². The maximum atomic E-state index is 11.2. The molecule has 2 nitrogen and oxygen atoms in total. The molecular weight excluding hydrogens is 284 g/mol. The van der Waals surface area contributed by atoms with Crippen molar-refractivity contribution in [2.45, 2.75) is 110 Å². The van der Waals surface area contributed by atoms with Crippen LogP contribution < -0.4 is 0 Å². The third kappa shape index (κ3) is 19.2. The molecule has 23 heavy (non-hydrogen) atoms. The Kier molecular flexibility index (Phi) is 18.6. The van der Waals surface area contributed by atoms with Crippen LogP contribution in [0.4, 0.5) is 0 Å². The van der Waals surface area contributed by atoms with Gasteiger partial charge in [0.15, 0.2) is 0 Å². The Hall–Kier alpha value is -0.790. The van der Waals surface area contributed by atoms with Crippen LogP contribution in [0.25, 0.3) is 0 Å². The second-order valence-electron chi connectivity index (χ2n) is 6.49. The van der Waals surface area contributed by atoms with E-state index in [-0.39, 0.29) is 5.97 Å². The average molecular weight is 325 g/mol. The van der Waals surface area contributed by atoms with Gasteiger partial charge in [0, 0.05) is 6.42 Å². The Morgan fingerprint density at radius 2 is 1.17 bits per heavy atom. The molecule has 0 rings (SSSR count). The van der Waals surface area contributed by atoms with Crippen molar-refractivity contribution < 1.29 is 9.53 Å². The van der Waals surface area contributed by atoms with E-state index in [1.807, 2.05) is 6.92 Å². The van der Waals surface area contributed by atoms with Crippen LogP contribution in [0.1, 0.15) is 110 Å². The zero-order valence-corrected chi connectivity index (χ0v) is 15.8. The van der Waals surface area contributed by atoms with Crippen LogP contribution in [0.3, 0.4) is 0 Å². The third-order valence-electron chi connectivity index (χ3n) is 4.20. The molecule has 0 fully saturated rings. The van der Waals surface area contributed by atoms with Crippen molar-refractivity contribution in [1.82, 2.24) is 0 Å². The van der Waals surface area contributed by atoms with E-state index < -0.39 is 0 Å². The van der Waals surface area contributed by atoms with Gasteiger partial charge in [-0.15, -0.1) is 0 Å². The number of hydrogen-bond acceptors (Lipinski definition) is 2. The second-order valence-corrected chi connectivity index (χ2v) is 6.49. The van der Waals surface area contributed by atoms with E-state index >= 15 is 0 Å². The summed E-state index contributed by atoms with van der Waals surface area (Å²) in [5.41, 5.74) is 0. The van der Waals surface area contributed by atoms with Gasteiger partial charge in [0.25, 0.3) is 0 Å². The maximum Gasteiger partial charge on any atom is 0.305 e. The number of carbonyl (C=O) groups excluding carboxylic acids is 1. The molecule has 2 heteroatoms. The number of hydrogen-bond donors (Lipinski definition) is 0. The molecule has 0 amide bonds. The van der Waals surface area contributed by atoms with Gasteiger partial charge in [-0.25, -0.2) is 0 Å². The molecule has 0 N–H and O–H groups in total. The minimum absolute atomic E-state index is 0.0389. The Balaban J connectivity index is 3.12. The molecule has 0 bridgehead atoms. The van der Waals surface area contributed by atoms with Crippen molar-refractivity contribution in [3.8, 4) is 0 Å². The maximum absolute atomic E-state index is 11.2. The van der Waals surface area contributed by atoms with Gasteiger partial charge in [0.1, 0.15) is 0 Å². The lowest BCUT2D eigenvalue weighted by Crippen LogP contribution is -2.03. The zero-order valence-electron chi connectivity index (χ0n) is 15.8. The predicted molar refractivity (Wildman–Crippen MR) is 101 cm³/mol. The van der Waals surface area contributed by atoms with Crippen LogP contribution in [0.5, 0.6) is 0 Å². The fourth-order valence-electron chi connectivity index (χ4n) is 2.75. The Morgan fingerprint density at radius 3 is 1.70 bits per heavy atom. The highest BCUT2D eigenvalue weighted by Gasteiger charge is 2.00. The molecule has 0 aliphatic rings. The van der Waals surface area contributed by atoms with E-state index in [0.29, 0.717) is 13.0 Å². The normalized spacial score (nSPS) is 11.2. The summed E-state index contributed by atoms with van der Waals surface area (Å²) in [5, 5.41) is 0. The number of allylic oxidation sites excluding steroid dienone is 2. The summed E-state index contributed by atoms with van der Waals surface area (Å²) in [7, 11) is 0. The van der Waals surface area contributed by atoms with E-state index in [0.717, 1.165) is 12.8 Å². The van der Waals surface area contributed by atoms with Gasteiger partial charge in [-0.05, 0) is 39.0 Å². The lowest BCUT2D eigenvalue weighted by atomic mass is 10.1. The van der Waals surface area contributed by atoms with Crippen LogP contribution in [0, 0.1) is 0 Å². The first-order valence-electron chi connectivity index (χ1n) is 10.1. The molecule has 0 aromatic rings. The molecule has 0 saturated carbocycles. The van der Waals surface area contributed by atoms with Crippen LogP contribution in [0.15, 0.2) is 12.2 Å². The molecule has 0 aromatic carbocycles. The predicted octanol–water partition coefficient (Wildman–Crippen LogP) is 6.98. The topological polar surface area (TPSA) is 26.3 Å². The van der Waals surface area contributed by atoms with Crippen molar-refractivity contribution in [3.05, 3.63) is 12.2 Å².